The molecule has 0 radical (unpaired) electrons. The first kappa shape index (κ1) is 21.4. The second-order valence-electron chi connectivity index (χ2n) is 8.56. The van der Waals surface area contributed by atoms with Crippen LogP contribution in [0, 0.1) is 0 Å². The van der Waals surface area contributed by atoms with Gasteiger partial charge in [0.05, 0.1) is 5.25 Å². The Balaban J connectivity index is 1.92. The molecule has 0 bridgehead atoms. The van der Waals surface area contributed by atoms with Gasteiger partial charge in [-0.2, -0.15) is 0 Å². The Hall–Kier alpha value is -2.35. The van der Waals surface area contributed by atoms with Crippen LogP contribution in [0.15, 0.2) is 29.4 Å². The van der Waals surface area contributed by atoms with Crippen LogP contribution in [0.4, 0.5) is 4.79 Å². The highest BCUT2D eigenvalue weighted by Crippen LogP contribution is 2.38. The largest absolute Gasteiger partial charge is 0.351 e. The number of aromatic nitrogens is 3. The van der Waals surface area contributed by atoms with E-state index in [9.17, 15) is 9.59 Å². The first-order valence-corrected chi connectivity index (χ1v) is 10.9. The van der Waals surface area contributed by atoms with Crippen molar-refractivity contribution in [3.63, 3.8) is 0 Å². The Morgan fingerprint density at radius 3 is 2.34 bits per heavy atom. The quantitative estimate of drug-likeness (QED) is 0.718. The van der Waals surface area contributed by atoms with Gasteiger partial charge in [0.25, 0.3) is 0 Å². The summed E-state index contributed by atoms with van der Waals surface area (Å²) in [6.07, 6.45) is 4.49. The number of imide groups is 1. The van der Waals surface area contributed by atoms with Crippen LogP contribution in [-0.2, 0) is 10.2 Å². The van der Waals surface area contributed by atoms with E-state index in [2.05, 4.69) is 65.1 Å². The third-order valence-corrected chi connectivity index (χ3v) is 6.32. The van der Waals surface area contributed by atoms with E-state index in [1.54, 1.807) is 6.92 Å². The number of rotatable bonds is 5. The van der Waals surface area contributed by atoms with Crippen molar-refractivity contribution in [2.45, 2.75) is 75.2 Å². The van der Waals surface area contributed by atoms with Gasteiger partial charge in [-0.1, -0.05) is 69.6 Å². The summed E-state index contributed by atoms with van der Waals surface area (Å²) in [5.74, 6) is 0.391. The fraction of sp³-hybridized carbons (Fsp3) is 0.524. The standard InChI is InChI=1S/C21H29N5O2S/c1-13(18(27)23-19(22)28)29-20-25-24-17(26(20)16-7-5-6-8-16)14-9-11-15(12-10-14)21(2,3)4/h9-13,16H,5-8H2,1-4H3,(H3,22,23,27,28)/t13-/m0/s1. The fourth-order valence-corrected chi connectivity index (χ4v) is 4.52. The molecule has 0 saturated heterocycles. The molecule has 0 spiro atoms. The van der Waals surface area contributed by atoms with E-state index in [-0.39, 0.29) is 5.41 Å². The molecule has 3 amide bonds. The van der Waals surface area contributed by atoms with E-state index in [0.717, 1.165) is 24.2 Å². The lowest BCUT2D eigenvalue weighted by molar-refractivity contribution is -0.119. The van der Waals surface area contributed by atoms with E-state index in [1.807, 2.05) is 0 Å². The van der Waals surface area contributed by atoms with Gasteiger partial charge < -0.3 is 5.73 Å². The molecule has 29 heavy (non-hydrogen) atoms. The van der Waals surface area contributed by atoms with Crippen molar-refractivity contribution < 1.29 is 9.59 Å². The number of benzene rings is 1. The van der Waals surface area contributed by atoms with Crippen molar-refractivity contribution in [1.82, 2.24) is 20.1 Å². The average Bonchev–Trinajstić information content (AvgIpc) is 3.29. The summed E-state index contributed by atoms with van der Waals surface area (Å²) < 4.78 is 2.16. The lowest BCUT2D eigenvalue weighted by Crippen LogP contribution is -2.39. The normalized spacial score (nSPS) is 16.0. The van der Waals surface area contributed by atoms with Gasteiger partial charge in [-0.15, -0.1) is 10.2 Å². The molecule has 1 aliphatic carbocycles. The zero-order chi connectivity index (χ0) is 21.2. The Morgan fingerprint density at radius 2 is 1.79 bits per heavy atom. The fourth-order valence-electron chi connectivity index (χ4n) is 3.60. The second kappa shape index (κ2) is 8.57. The zero-order valence-corrected chi connectivity index (χ0v) is 18.3. The molecular formula is C21H29N5O2S. The number of urea groups is 1. The van der Waals surface area contributed by atoms with Crippen LogP contribution in [-0.4, -0.2) is 32.0 Å². The predicted molar refractivity (Wildman–Crippen MR) is 115 cm³/mol. The van der Waals surface area contributed by atoms with E-state index in [4.69, 9.17) is 5.73 Å². The molecule has 1 aromatic carbocycles. The Bertz CT molecular complexity index is 879. The van der Waals surface area contributed by atoms with Crippen molar-refractivity contribution in [3.8, 4) is 11.4 Å². The molecule has 8 heteroatoms. The van der Waals surface area contributed by atoms with E-state index in [1.165, 1.54) is 30.2 Å². The van der Waals surface area contributed by atoms with Gasteiger partial charge in [0.2, 0.25) is 5.91 Å². The number of thioether (sulfide) groups is 1. The smallest absolute Gasteiger partial charge is 0.318 e. The summed E-state index contributed by atoms with van der Waals surface area (Å²) in [6, 6.07) is 7.93. The minimum absolute atomic E-state index is 0.0852. The van der Waals surface area contributed by atoms with Crippen LogP contribution >= 0.6 is 11.8 Å². The Labute approximate surface area is 175 Å². The van der Waals surface area contributed by atoms with E-state index in [0.29, 0.717) is 11.2 Å². The highest BCUT2D eigenvalue weighted by atomic mass is 32.2. The predicted octanol–water partition coefficient (Wildman–Crippen LogP) is 4.03. The molecule has 3 rings (SSSR count). The molecule has 2 aromatic rings. The van der Waals surface area contributed by atoms with Crippen LogP contribution in [0.1, 0.15) is 65.0 Å². The average molecular weight is 416 g/mol. The van der Waals surface area contributed by atoms with Gasteiger partial charge in [0.1, 0.15) is 0 Å². The number of hydrogen-bond donors (Lipinski definition) is 2. The van der Waals surface area contributed by atoms with Crippen molar-refractivity contribution in [1.29, 1.82) is 0 Å². The van der Waals surface area contributed by atoms with Crippen molar-refractivity contribution in [3.05, 3.63) is 29.8 Å². The highest BCUT2D eigenvalue weighted by Gasteiger charge is 2.27. The molecule has 1 atom stereocenters. The van der Waals surface area contributed by atoms with E-state index >= 15 is 0 Å². The molecule has 1 heterocycles. The highest BCUT2D eigenvalue weighted by molar-refractivity contribution is 8.00. The molecule has 0 unspecified atom stereocenters. The molecule has 1 fully saturated rings. The second-order valence-corrected chi connectivity index (χ2v) is 9.86. The number of carbonyl (C=O) groups excluding carboxylic acids is 2. The number of hydrogen-bond acceptors (Lipinski definition) is 5. The lowest BCUT2D eigenvalue weighted by Gasteiger charge is -2.20. The molecule has 1 aliphatic rings. The van der Waals surface area contributed by atoms with Gasteiger partial charge in [-0.3, -0.25) is 14.7 Å². The van der Waals surface area contributed by atoms with Crippen molar-refractivity contribution in [2.75, 3.05) is 0 Å². The Kier molecular flexibility index (Phi) is 6.31. The maximum Gasteiger partial charge on any atom is 0.318 e. The van der Waals surface area contributed by atoms with Gasteiger partial charge in [-0.25, -0.2) is 4.79 Å². The third kappa shape index (κ3) is 4.98. The topological polar surface area (TPSA) is 103 Å². The number of amides is 3. The minimum atomic E-state index is -0.848. The minimum Gasteiger partial charge on any atom is -0.351 e. The van der Waals surface area contributed by atoms with Crippen LogP contribution < -0.4 is 11.1 Å². The number of carbonyl (C=O) groups is 2. The first-order valence-electron chi connectivity index (χ1n) is 9.99. The Morgan fingerprint density at radius 1 is 1.17 bits per heavy atom. The number of nitrogens with two attached hydrogens (primary N) is 1. The zero-order valence-electron chi connectivity index (χ0n) is 17.4. The molecule has 0 aliphatic heterocycles. The summed E-state index contributed by atoms with van der Waals surface area (Å²) in [6.45, 7) is 8.30. The van der Waals surface area contributed by atoms with Gasteiger partial charge in [-0.05, 0) is 30.7 Å². The lowest BCUT2D eigenvalue weighted by atomic mass is 9.86. The van der Waals surface area contributed by atoms with Gasteiger partial charge >= 0.3 is 6.03 Å². The summed E-state index contributed by atoms with van der Waals surface area (Å²) in [7, 11) is 0. The molecule has 1 aromatic heterocycles. The number of nitrogens with zero attached hydrogens (tertiary/aromatic N) is 3. The van der Waals surface area contributed by atoms with Crippen molar-refractivity contribution >= 4 is 23.7 Å². The van der Waals surface area contributed by atoms with Gasteiger partial charge in [0, 0.05) is 11.6 Å². The molecule has 3 N–H and O–H groups in total. The monoisotopic (exact) mass is 415 g/mol. The van der Waals surface area contributed by atoms with Gasteiger partial charge in [0.15, 0.2) is 11.0 Å². The maximum atomic E-state index is 12.1. The molecule has 7 nitrogen and oxygen atoms in total. The van der Waals surface area contributed by atoms with Crippen LogP contribution in [0.25, 0.3) is 11.4 Å². The molecule has 156 valence electrons. The summed E-state index contributed by atoms with van der Waals surface area (Å²) in [4.78, 5) is 23.1. The van der Waals surface area contributed by atoms with Crippen LogP contribution in [0.2, 0.25) is 0 Å². The SMILES string of the molecule is C[C@H](Sc1nnc(-c2ccc(C(C)(C)C)cc2)n1C1CCCC1)C(=O)NC(N)=O. The summed E-state index contributed by atoms with van der Waals surface area (Å²) in [5.41, 5.74) is 7.42. The molecular weight excluding hydrogens is 386 g/mol. The van der Waals surface area contributed by atoms with Crippen molar-refractivity contribution in [2.24, 2.45) is 5.73 Å². The maximum absolute atomic E-state index is 12.1. The molecule has 1 saturated carbocycles. The van der Waals surface area contributed by atoms with E-state index < -0.39 is 17.2 Å². The number of nitrogens with one attached hydrogen (secondary N) is 1. The first-order chi connectivity index (χ1) is 13.7. The summed E-state index contributed by atoms with van der Waals surface area (Å²) >= 11 is 1.30. The third-order valence-electron chi connectivity index (χ3n) is 5.26. The van der Waals surface area contributed by atoms with Crippen LogP contribution in [0.3, 0.4) is 0 Å². The van der Waals surface area contributed by atoms with Crippen LogP contribution in [0.5, 0.6) is 0 Å². The summed E-state index contributed by atoms with van der Waals surface area (Å²) in [5, 5.41) is 11.2. The number of primary amides is 1.